The van der Waals surface area contributed by atoms with Crippen molar-refractivity contribution in [3.05, 3.63) is 138 Å². The summed E-state index contributed by atoms with van der Waals surface area (Å²) in [5.41, 5.74) is 8.63. The molecular weight excluding hydrogens is 558 g/mol. The highest BCUT2D eigenvalue weighted by molar-refractivity contribution is 9.10. The minimum atomic E-state index is 1.10. The zero-order chi connectivity index (χ0) is 25.9. The lowest BCUT2D eigenvalue weighted by Crippen LogP contribution is -1.92. The van der Waals surface area contributed by atoms with E-state index in [0.717, 1.165) is 4.47 Å². The van der Waals surface area contributed by atoms with Crippen molar-refractivity contribution < 1.29 is 0 Å². The third-order valence-electron chi connectivity index (χ3n) is 7.67. The van der Waals surface area contributed by atoms with E-state index in [9.17, 15) is 0 Å². The number of aromatic nitrogens is 1. The van der Waals surface area contributed by atoms with Crippen LogP contribution in [0.15, 0.2) is 138 Å². The van der Waals surface area contributed by atoms with Gasteiger partial charge in [-0.15, -0.1) is 11.3 Å². The van der Waals surface area contributed by atoms with Crippen LogP contribution in [-0.4, -0.2) is 4.57 Å². The summed E-state index contributed by atoms with van der Waals surface area (Å²) in [7, 11) is 0. The largest absolute Gasteiger partial charge is 0.309 e. The van der Waals surface area contributed by atoms with Crippen molar-refractivity contribution in [2.75, 3.05) is 0 Å². The van der Waals surface area contributed by atoms with E-state index in [4.69, 9.17) is 0 Å². The molecule has 2 aromatic heterocycles. The molecule has 0 unspecified atom stereocenters. The van der Waals surface area contributed by atoms with Gasteiger partial charge >= 0.3 is 0 Å². The molecule has 0 fully saturated rings. The minimum absolute atomic E-state index is 1.10. The van der Waals surface area contributed by atoms with Crippen LogP contribution in [-0.2, 0) is 0 Å². The maximum atomic E-state index is 3.54. The number of hydrogen-bond acceptors (Lipinski definition) is 1. The van der Waals surface area contributed by atoms with Gasteiger partial charge in [0.05, 0.1) is 11.0 Å². The van der Waals surface area contributed by atoms with Crippen molar-refractivity contribution in [3.8, 4) is 27.9 Å². The maximum Gasteiger partial charge on any atom is 0.0541 e. The van der Waals surface area contributed by atoms with E-state index >= 15 is 0 Å². The number of para-hydroxylation sites is 2. The van der Waals surface area contributed by atoms with Crippen LogP contribution < -0.4 is 0 Å². The molecule has 0 aliphatic heterocycles. The van der Waals surface area contributed by atoms with Crippen LogP contribution in [0.25, 0.3) is 69.9 Å². The molecule has 184 valence electrons. The molecule has 0 bridgehead atoms. The van der Waals surface area contributed by atoms with Gasteiger partial charge < -0.3 is 4.57 Å². The number of benzene rings is 6. The molecule has 6 aromatic carbocycles. The van der Waals surface area contributed by atoms with Gasteiger partial charge in [-0.1, -0.05) is 88.7 Å². The first-order valence-corrected chi connectivity index (χ1v) is 14.7. The summed E-state index contributed by atoms with van der Waals surface area (Å²) in [6.45, 7) is 0. The maximum absolute atomic E-state index is 3.54. The van der Waals surface area contributed by atoms with E-state index in [0.29, 0.717) is 0 Å². The summed E-state index contributed by atoms with van der Waals surface area (Å²) < 4.78 is 6.12. The molecule has 0 saturated heterocycles. The summed E-state index contributed by atoms with van der Waals surface area (Å²) in [4.78, 5) is 0. The lowest BCUT2D eigenvalue weighted by molar-refractivity contribution is 1.18. The highest BCUT2D eigenvalue weighted by atomic mass is 79.9. The lowest BCUT2D eigenvalue weighted by Gasteiger charge is -2.08. The van der Waals surface area contributed by atoms with Crippen LogP contribution in [0.3, 0.4) is 0 Å². The Hall–Kier alpha value is -4.18. The quantitative estimate of drug-likeness (QED) is 0.196. The molecule has 8 rings (SSSR count). The van der Waals surface area contributed by atoms with Crippen molar-refractivity contribution in [1.29, 1.82) is 0 Å². The fourth-order valence-electron chi connectivity index (χ4n) is 5.79. The Morgan fingerprint density at radius 3 is 1.92 bits per heavy atom. The third kappa shape index (κ3) is 3.73. The highest BCUT2D eigenvalue weighted by Crippen LogP contribution is 2.40. The standard InChI is InChI=1S/C36H22BrNS/c37-27-15-10-23(11-16-27)26-12-17-30-32-21-25(14-19-35(32)39-36(30)22-26)24-13-18-34-31(20-24)29-8-4-5-9-33(29)38(34)28-6-2-1-3-7-28/h1-22H. The van der Waals surface area contributed by atoms with Crippen LogP contribution in [0.2, 0.25) is 0 Å². The average Bonchev–Trinajstić information content (AvgIpc) is 3.52. The fourth-order valence-corrected chi connectivity index (χ4v) is 7.18. The molecule has 39 heavy (non-hydrogen) atoms. The number of thiophene rings is 1. The van der Waals surface area contributed by atoms with Crippen LogP contribution >= 0.6 is 27.3 Å². The Kier molecular flexibility index (Phi) is 5.22. The van der Waals surface area contributed by atoms with Gasteiger partial charge in [-0.05, 0) is 82.9 Å². The summed E-state index contributed by atoms with van der Waals surface area (Å²) in [6, 6.07) is 48.6. The van der Waals surface area contributed by atoms with E-state index in [2.05, 4.69) is 154 Å². The zero-order valence-corrected chi connectivity index (χ0v) is 23.3. The Bertz CT molecular complexity index is 2170. The second-order valence-electron chi connectivity index (χ2n) is 9.95. The lowest BCUT2D eigenvalue weighted by atomic mass is 9.99. The first-order valence-electron chi connectivity index (χ1n) is 13.0. The van der Waals surface area contributed by atoms with Crippen molar-refractivity contribution in [1.82, 2.24) is 4.57 Å². The van der Waals surface area contributed by atoms with E-state index < -0.39 is 0 Å². The topological polar surface area (TPSA) is 4.93 Å². The minimum Gasteiger partial charge on any atom is -0.309 e. The van der Waals surface area contributed by atoms with E-state index in [-0.39, 0.29) is 0 Å². The molecule has 0 N–H and O–H groups in total. The molecular formula is C36H22BrNS. The number of nitrogens with zero attached hydrogens (tertiary/aromatic N) is 1. The molecule has 3 heteroatoms. The second kappa shape index (κ2) is 8.94. The normalized spacial score (nSPS) is 11.7. The van der Waals surface area contributed by atoms with Crippen molar-refractivity contribution >= 4 is 69.2 Å². The highest BCUT2D eigenvalue weighted by Gasteiger charge is 2.14. The predicted octanol–water partition coefficient (Wildman–Crippen LogP) is 11.2. The van der Waals surface area contributed by atoms with Crippen molar-refractivity contribution in [2.24, 2.45) is 0 Å². The number of fused-ring (bicyclic) bond motifs is 6. The van der Waals surface area contributed by atoms with E-state index in [1.807, 2.05) is 11.3 Å². The van der Waals surface area contributed by atoms with Gasteiger partial charge in [0.15, 0.2) is 0 Å². The molecule has 0 radical (unpaired) electrons. The molecule has 0 saturated carbocycles. The number of rotatable bonds is 3. The predicted molar refractivity (Wildman–Crippen MR) is 172 cm³/mol. The van der Waals surface area contributed by atoms with E-state index in [1.165, 1.54) is 69.9 Å². The number of hydrogen-bond donors (Lipinski definition) is 0. The molecule has 2 heterocycles. The van der Waals surface area contributed by atoms with Crippen molar-refractivity contribution in [3.63, 3.8) is 0 Å². The van der Waals surface area contributed by atoms with Gasteiger partial charge in [-0.3, -0.25) is 0 Å². The molecule has 0 aliphatic rings. The Labute approximate surface area is 238 Å². The Balaban J connectivity index is 1.27. The molecule has 0 atom stereocenters. The molecule has 0 aliphatic carbocycles. The molecule has 8 aromatic rings. The molecule has 1 nitrogen and oxygen atoms in total. The van der Waals surface area contributed by atoms with Gasteiger partial charge in [0.2, 0.25) is 0 Å². The molecule has 0 spiro atoms. The summed E-state index contributed by atoms with van der Waals surface area (Å²) in [5.74, 6) is 0. The number of halogens is 1. The summed E-state index contributed by atoms with van der Waals surface area (Å²) in [6.07, 6.45) is 0. The van der Waals surface area contributed by atoms with Gasteiger partial charge in [0.1, 0.15) is 0 Å². The van der Waals surface area contributed by atoms with Gasteiger partial charge in [0.25, 0.3) is 0 Å². The first kappa shape index (κ1) is 22.8. The van der Waals surface area contributed by atoms with Crippen LogP contribution in [0, 0.1) is 0 Å². The van der Waals surface area contributed by atoms with Crippen LogP contribution in [0.1, 0.15) is 0 Å². The average molecular weight is 581 g/mol. The molecule has 0 amide bonds. The Morgan fingerprint density at radius 2 is 1.08 bits per heavy atom. The van der Waals surface area contributed by atoms with E-state index in [1.54, 1.807) is 0 Å². The fraction of sp³-hybridized carbons (Fsp3) is 0. The van der Waals surface area contributed by atoms with Gasteiger partial charge in [-0.2, -0.15) is 0 Å². The third-order valence-corrected chi connectivity index (χ3v) is 9.33. The van der Waals surface area contributed by atoms with Gasteiger partial charge in [-0.25, -0.2) is 0 Å². The SMILES string of the molecule is Brc1ccc(-c2ccc3c(c2)sc2ccc(-c4ccc5c(c4)c4ccccc4n5-c4ccccc4)cc23)cc1. The van der Waals surface area contributed by atoms with Crippen molar-refractivity contribution in [2.45, 2.75) is 0 Å². The smallest absolute Gasteiger partial charge is 0.0541 e. The van der Waals surface area contributed by atoms with Gasteiger partial charge in [0, 0.05) is 41.1 Å². The first-order chi connectivity index (χ1) is 19.2. The summed E-state index contributed by atoms with van der Waals surface area (Å²) in [5, 5.41) is 5.20. The zero-order valence-electron chi connectivity index (χ0n) is 20.9. The summed E-state index contributed by atoms with van der Waals surface area (Å²) >= 11 is 5.42. The second-order valence-corrected chi connectivity index (χ2v) is 12.0. The Morgan fingerprint density at radius 1 is 0.436 bits per heavy atom. The van der Waals surface area contributed by atoms with Crippen LogP contribution in [0.5, 0.6) is 0 Å². The van der Waals surface area contributed by atoms with Crippen LogP contribution in [0.4, 0.5) is 0 Å². The monoisotopic (exact) mass is 579 g/mol.